The van der Waals surface area contributed by atoms with Gasteiger partial charge >= 0.3 is 0 Å². The second-order valence-electron chi connectivity index (χ2n) is 2.96. The highest BCUT2D eigenvalue weighted by atomic mass is 32.1. The van der Waals surface area contributed by atoms with Gasteiger partial charge in [-0.1, -0.05) is 36.9 Å². The molecule has 1 heteroatoms. The van der Waals surface area contributed by atoms with E-state index in [1.165, 1.54) is 16.3 Å². The lowest BCUT2D eigenvalue weighted by Gasteiger charge is -2.00. The zero-order valence-electron chi connectivity index (χ0n) is 6.87. The molecule has 0 spiro atoms. The van der Waals surface area contributed by atoms with Gasteiger partial charge in [0.2, 0.25) is 0 Å². The molecule has 0 heterocycles. The Morgan fingerprint density at radius 2 is 1.92 bits per heavy atom. The summed E-state index contributed by atoms with van der Waals surface area (Å²) >= 11 is 5.10. The molecule has 2 aromatic rings. The Kier molecular flexibility index (Phi) is 1.74. The first-order valence-electron chi connectivity index (χ1n) is 3.94. The zero-order chi connectivity index (χ0) is 8.55. The van der Waals surface area contributed by atoms with Crippen LogP contribution in [-0.2, 0) is 0 Å². The van der Waals surface area contributed by atoms with Gasteiger partial charge in [0, 0.05) is 4.90 Å². The molecular weight excluding hydrogens is 164 g/mol. The van der Waals surface area contributed by atoms with Gasteiger partial charge in [0.15, 0.2) is 0 Å². The van der Waals surface area contributed by atoms with E-state index in [4.69, 9.17) is 12.6 Å². The summed E-state index contributed by atoms with van der Waals surface area (Å²) in [7, 11) is 0. The van der Waals surface area contributed by atoms with Gasteiger partial charge in [0.1, 0.15) is 0 Å². The largest absolute Gasteiger partial charge is 0.0801 e. The summed E-state index contributed by atoms with van der Waals surface area (Å²) in [5, 5.41) is 2.54. The van der Waals surface area contributed by atoms with Crippen LogP contribution in [0.1, 0.15) is 5.56 Å². The van der Waals surface area contributed by atoms with E-state index >= 15 is 0 Å². The minimum Gasteiger partial charge on any atom is -0.0801 e. The van der Waals surface area contributed by atoms with Gasteiger partial charge in [-0.25, -0.2) is 0 Å². The highest BCUT2D eigenvalue weighted by Gasteiger charge is 1.95. The molecule has 2 aromatic carbocycles. The van der Waals surface area contributed by atoms with Crippen LogP contribution < -0.4 is 0 Å². The number of rotatable bonds is 0. The van der Waals surface area contributed by atoms with Gasteiger partial charge in [-0.3, -0.25) is 0 Å². The van der Waals surface area contributed by atoms with Crippen molar-refractivity contribution in [1.29, 1.82) is 0 Å². The van der Waals surface area contributed by atoms with E-state index in [1.807, 2.05) is 6.07 Å². The van der Waals surface area contributed by atoms with Crippen molar-refractivity contribution in [2.24, 2.45) is 0 Å². The number of benzene rings is 2. The molecule has 59 valence electrons. The summed E-state index contributed by atoms with van der Waals surface area (Å²) in [5.41, 5.74) is 1.29. The van der Waals surface area contributed by atoms with Crippen molar-refractivity contribution in [3.05, 3.63) is 42.0 Å². The SMILES string of the molecule is Cc1cccc2ccc([S])cc12. The van der Waals surface area contributed by atoms with E-state index in [2.05, 4.69) is 37.3 Å². The molecule has 0 amide bonds. The summed E-state index contributed by atoms with van der Waals surface area (Å²) in [5.74, 6) is 0. The molecule has 0 saturated carbocycles. The minimum atomic E-state index is 0.914. The van der Waals surface area contributed by atoms with Crippen LogP contribution in [-0.4, -0.2) is 0 Å². The van der Waals surface area contributed by atoms with Crippen LogP contribution in [0, 0.1) is 6.92 Å². The van der Waals surface area contributed by atoms with Crippen LogP contribution in [0.2, 0.25) is 0 Å². The minimum absolute atomic E-state index is 0.914. The maximum Gasteiger partial charge on any atom is 0.0383 e. The van der Waals surface area contributed by atoms with Crippen molar-refractivity contribution >= 4 is 23.4 Å². The van der Waals surface area contributed by atoms with Crippen LogP contribution in [0.5, 0.6) is 0 Å². The van der Waals surface area contributed by atoms with E-state index in [9.17, 15) is 0 Å². The Morgan fingerprint density at radius 3 is 2.75 bits per heavy atom. The molecule has 0 saturated heterocycles. The molecule has 0 aromatic heterocycles. The normalized spacial score (nSPS) is 10.4. The quantitative estimate of drug-likeness (QED) is 0.569. The summed E-state index contributed by atoms with van der Waals surface area (Å²) in [6, 6.07) is 12.4. The summed E-state index contributed by atoms with van der Waals surface area (Å²) in [6.45, 7) is 2.11. The Bertz CT molecular complexity index is 418. The first kappa shape index (κ1) is 7.56. The maximum atomic E-state index is 5.10. The fraction of sp³-hybridized carbons (Fsp3) is 0.0909. The fourth-order valence-corrected chi connectivity index (χ4v) is 1.59. The molecular formula is C11H9S. The van der Waals surface area contributed by atoms with E-state index < -0.39 is 0 Å². The Balaban J connectivity index is 2.88. The smallest absolute Gasteiger partial charge is 0.0383 e. The van der Waals surface area contributed by atoms with E-state index in [1.54, 1.807) is 0 Å². The molecule has 0 aliphatic rings. The molecule has 0 aliphatic heterocycles. The standard InChI is InChI=1S/C11H9S/c1-8-3-2-4-9-5-6-10(12)7-11(8)9/h2-7H,1H3. The Morgan fingerprint density at radius 1 is 1.08 bits per heavy atom. The van der Waals surface area contributed by atoms with Crippen molar-refractivity contribution in [3.8, 4) is 0 Å². The first-order chi connectivity index (χ1) is 5.77. The summed E-state index contributed by atoms with van der Waals surface area (Å²) in [6.07, 6.45) is 0. The predicted octanol–water partition coefficient (Wildman–Crippen LogP) is 3.70. The van der Waals surface area contributed by atoms with E-state index in [0.717, 1.165) is 4.90 Å². The molecule has 0 N–H and O–H groups in total. The van der Waals surface area contributed by atoms with Crippen molar-refractivity contribution in [1.82, 2.24) is 0 Å². The molecule has 0 fully saturated rings. The third-order valence-corrected chi connectivity index (χ3v) is 2.33. The average Bonchev–Trinajstić information content (AvgIpc) is 2.07. The topological polar surface area (TPSA) is 0 Å². The van der Waals surface area contributed by atoms with Crippen molar-refractivity contribution in [2.45, 2.75) is 11.8 Å². The second kappa shape index (κ2) is 2.76. The lowest BCUT2D eigenvalue weighted by Crippen LogP contribution is -1.77. The Hall–Kier alpha value is -1.08. The van der Waals surface area contributed by atoms with Crippen molar-refractivity contribution in [3.63, 3.8) is 0 Å². The maximum absolute atomic E-state index is 5.10. The van der Waals surface area contributed by atoms with Gasteiger partial charge in [-0.05, 0) is 35.4 Å². The lowest BCUT2D eigenvalue weighted by molar-refractivity contribution is 1.47. The number of hydrogen-bond donors (Lipinski definition) is 0. The van der Waals surface area contributed by atoms with Crippen molar-refractivity contribution < 1.29 is 0 Å². The average molecular weight is 173 g/mol. The van der Waals surface area contributed by atoms with Gasteiger partial charge in [0.25, 0.3) is 0 Å². The molecule has 0 bridgehead atoms. The van der Waals surface area contributed by atoms with Crippen LogP contribution in [0.4, 0.5) is 0 Å². The molecule has 0 nitrogen and oxygen atoms in total. The van der Waals surface area contributed by atoms with Crippen molar-refractivity contribution in [2.75, 3.05) is 0 Å². The summed E-state index contributed by atoms with van der Waals surface area (Å²) < 4.78 is 0. The van der Waals surface area contributed by atoms with E-state index in [0.29, 0.717) is 0 Å². The monoisotopic (exact) mass is 173 g/mol. The third kappa shape index (κ3) is 1.16. The summed E-state index contributed by atoms with van der Waals surface area (Å²) in [4.78, 5) is 0.914. The molecule has 0 atom stereocenters. The van der Waals surface area contributed by atoms with Gasteiger partial charge in [0.05, 0.1) is 0 Å². The molecule has 2 rings (SSSR count). The number of hydrogen-bond acceptors (Lipinski definition) is 0. The fourth-order valence-electron chi connectivity index (χ4n) is 1.41. The third-order valence-electron chi connectivity index (χ3n) is 2.07. The van der Waals surface area contributed by atoms with Crippen LogP contribution in [0.3, 0.4) is 0 Å². The molecule has 0 aliphatic carbocycles. The van der Waals surface area contributed by atoms with Crippen LogP contribution in [0.25, 0.3) is 10.8 Å². The number of fused-ring (bicyclic) bond motifs is 1. The molecule has 1 radical (unpaired) electrons. The predicted molar refractivity (Wildman–Crippen MR) is 54.5 cm³/mol. The van der Waals surface area contributed by atoms with Gasteiger partial charge in [-0.2, -0.15) is 0 Å². The van der Waals surface area contributed by atoms with Gasteiger partial charge < -0.3 is 0 Å². The number of aryl methyl sites for hydroxylation is 1. The van der Waals surface area contributed by atoms with Crippen LogP contribution >= 0.6 is 12.6 Å². The van der Waals surface area contributed by atoms with Crippen LogP contribution in [0.15, 0.2) is 41.3 Å². The zero-order valence-corrected chi connectivity index (χ0v) is 7.69. The lowest BCUT2D eigenvalue weighted by atomic mass is 10.1. The Labute approximate surface area is 77.6 Å². The second-order valence-corrected chi connectivity index (χ2v) is 3.43. The highest BCUT2D eigenvalue weighted by Crippen LogP contribution is 2.20. The first-order valence-corrected chi connectivity index (χ1v) is 4.34. The van der Waals surface area contributed by atoms with E-state index in [-0.39, 0.29) is 0 Å². The molecule has 0 unspecified atom stereocenters. The van der Waals surface area contributed by atoms with Gasteiger partial charge in [-0.15, -0.1) is 0 Å². The molecule has 12 heavy (non-hydrogen) atoms. The highest BCUT2D eigenvalue weighted by molar-refractivity contribution is 7.80.